The number of rotatable bonds is 5. The minimum atomic E-state index is -1.09. The number of halogens is 2. The van der Waals surface area contributed by atoms with Crippen molar-refractivity contribution in [3.05, 3.63) is 87.7 Å². The molecular formula is C24H20Cl2N2O3. The number of ether oxygens (including phenoxy) is 2. The molecule has 0 N–H and O–H groups in total. The number of amides is 1. The number of fused-ring (bicyclic) bond motifs is 1. The molecule has 5 rings (SSSR count). The summed E-state index contributed by atoms with van der Waals surface area (Å²) < 4.78 is 11.9. The number of nitrogens with zero attached hydrogens (tertiary/aromatic N) is 2. The average Bonchev–Trinajstić information content (AvgIpc) is 3.46. The van der Waals surface area contributed by atoms with Crippen molar-refractivity contribution in [2.24, 2.45) is 0 Å². The monoisotopic (exact) mass is 454 g/mol. The quantitative estimate of drug-likeness (QED) is 0.490. The van der Waals surface area contributed by atoms with Crippen LogP contribution in [0.25, 0.3) is 11.1 Å². The maximum Gasteiger partial charge on any atom is 0.259 e. The van der Waals surface area contributed by atoms with Crippen LogP contribution in [0.3, 0.4) is 0 Å². The van der Waals surface area contributed by atoms with Gasteiger partial charge in [0, 0.05) is 41.6 Å². The van der Waals surface area contributed by atoms with Crippen LogP contribution in [-0.2, 0) is 21.6 Å². The highest BCUT2D eigenvalue weighted by atomic mass is 35.5. The van der Waals surface area contributed by atoms with Crippen LogP contribution >= 0.6 is 23.2 Å². The number of carbonyl (C=O) groups is 1. The van der Waals surface area contributed by atoms with Gasteiger partial charge in [-0.3, -0.25) is 14.7 Å². The predicted molar refractivity (Wildman–Crippen MR) is 119 cm³/mol. The molecule has 0 aliphatic carbocycles. The summed E-state index contributed by atoms with van der Waals surface area (Å²) in [7, 11) is 1.62. The first kappa shape index (κ1) is 20.5. The van der Waals surface area contributed by atoms with Crippen molar-refractivity contribution in [1.82, 2.24) is 9.88 Å². The summed E-state index contributed by atoms with van der Waals surface area (Å²) in [5.41, 5.74) is 2.18. The molecule has 1 unspecified atom stereocenters. The third-order valence-electron chi connectivity index (χ3n) is 5.99. The minimum Gasteiger partial charge on any atom is -0.354 e. The highest BCUT2D eigenvalue weighted by molar-refractivity contribution is 6.30. The second-order valence-corrected chi connectivity index (χ2v) is 8.85. The first-order valence-corrected chi connectivity index (χ1v) is 10.7. The normalized spacial score (nSPS) is 24.4. The molecule has 3 aromatic rings. The molecule has 0 spiro atoms. The molecule has 1 aromatic heterocycles. The van der Waals surface area contributed by atoms with E-state index in [9.17, 15) is 4.79 Å². The van der Waals surface area contributed by atoms with E-state index < -0.39 is 11.4 Å². The van der Waals surface area contributed by atoms with E-state index >= 15 is 0 Å². The molecular weight excluding hydrogens is 435 g/mol. The highest BCUT2D eigenvalue weighted by Crippen LogP contribution is 2.52. The second kappa shape index (κ2) is 7.31. The molecule has 0 bridgehead atoms. The molecule has 2 atom stereocenters. The predicted octanol–water partition coefficient (Wildman–Crippen LogP) is 5.30. The first-order valence-electron chi connectivity index (χ1n) is 9.92. The fourth-order valence-electron chi connectivity index (χ4n) is 4.44. The lowest BCUT2D eigenvalue weighted by molar-refractivity contribution is -0.149. The Morgan fingerprint density at radius 1 is 1.06 bits per heavy atom. The van der Waals surface area contributed by atoms with Crippen molar-refractivity contribution in [3.8, 4) is 11.1 Å². The first-order chi connectivity index (χ1) is 14.9. The molecule has 2 aromatic carbocycles. The third kappa shape index (κ3) is 3.24. The van der Waals surface area contributed by atoms with Crippen LogP contribution in [0, 0.1) is 0 Å². The van der Waals surface area contributed by atoms with E-state index in [4.69, 9.17) is 32.7 Å². The summed E-state index contributed by atoms with van der Waals surface area (Å²) in [6.45, 7) is 2.35. The van der Waals surface area contributed by atoms with E-state index in [1.807, 2.05) is 55.5 Å². The number of pyridine rings is 1. The van der Waals surface area contributed by atoms with Gasteiger partial charge in [-0.25, -0.2) is 0 Å². The Labute approximate surface area is 190 Å². The molecule has 31 heavy (non-hydrogen) atoms. The molecule has 0 saturated carbocycles. The molecule has 7 heteroatoms. The number of hydrogen-bond acceptors (Lipinski definition) is 4. The van der Waals surface area contributed by atoms with Gasteiger partial charge in [0.05, 0.1) is 11.6 Å². The summed E-state index contributed by atoms with van der Waals surface area (Å²) >= 11 is 12.2. The topological polar surface area (TPSA) is 55.0 Å². The highest BCUT2D eigenvalue weighted by Gasteiger charge is 2.63. The Hall–Kier alpha value is -2.44. The molecule has 2 aliphatic heterocycles. The molecule has 2 aliphatic rings. The van der Waals surface area contributed by atoms with Gasteiger partial charge in [0.25, 0.3) is 5.91 Å². The van der Waals surface area contributed by atoms with Crippen LogP contribution in [0.15, 0.2) is 60.8 Å². The fourth-order valence-corrected chi connectivity index (χ4v) is 4.68. The third-order valence-corrected chi connectivity index (χ3v) is 6.46. The van der Waals surface area contributed by atoms with Gasteiger partial charge in [-0.1, -0.05) is 47.5 Å². The van der Waals surface area contributed by atoms with Gasteiger partial charge in [0.1, 0.15) is 0 Å². The average molecular weight is 455 g/mol. The molecule has 158 valence electrons. The SMILES string of the molecule is CO[C@]1(Cc2ccc(Cl)cn2)c2c(cccc2-c2ccc(Cl)cc2)C(=O)N1C1(C)CO1. The molecule has 1 amide bonds. The van der Waals surface area contributed by atoms with Crippen molar-refractivity contribution in [3.63, 3.8) is 0 Å². The smallest absolute Gasteiger partial charge is 0.259 e. The lowest BCUT2D eigenvalue weighted by Crippen LogP contribution is -2.53. The molecule has 1 saturated heterocycles. The molecule has 5 nitrogen and oxygen atoms in total. The van der Waals surface area contributed by atoms with Gasteiger partial charge in [-0.2, -0.15) is 0 Å². The van der Waals surface area contributed by atoms with E-state index in [0.717, 1.165) is 22.4 Å². The van der Waals surface area contributed by atoms with Crippen LogP contribution in [-0.4, -0.2) is 35.2 Å². The van der Waals surface area contributed by atoms with Gasteiger partial charge in [-0.05, 0) is 48.4 Å². The lowest BCUT2D eigenvalue weighted by atomic mass is 9.88. The lowest BCUT2D eigenvalue weighted by Gasteiger charge is -2.40. The van der Waals surface area contributed by atoms with Crippen molar-refractivity contribution < 1.29 is 14.3 Å². The number of methoxy groups -OCH3 is 1. The van der Waals surface area contributed by atoms with Crippen LogP contribution < -0.4 is 0 Å². The number of epoxide rings is 1. The van der Waals surface area contributed by atoms with Gasteiger partial charge >= 0.3 is 0 Å². The Morgan fingerprint density at radius 3 is 2.35 bits per heavy atom. The van der Waals surface area contributed by atoms with E-state index in [1.54, 1.807) is 24.3 Å². The van der Waals surface area contributed by atoms with E-state index in [-0.39, 0.29) is 5.91 Å². The summed E-state index contributed by atoms with van der Waals surface area (Å²) in [5, 5.41) is 1.20. The number of benzene rings is 2. The largest absolute Gasteiger partial charge is 0.354 e. The van der Waals surface area contributed by atoms with E-state index in [0.29, 0.717) is 28.6 Å². The second-order valence-electron chi connectivity index (χ2n) is 7.97. The summed E-state index contributed by atoms with van der Waals surface area (Å²) in [5.74, 6) is -0.123. The summed E-state index contributed by atoms with van der Waals surface area (Å²) in [6, 6.07) is 16.9. The Morgan fingerprint density at radius 2 is 1.74 bits per heavy atom. The van der Waals surface area contributed by atoms with Gasteiger partial charge < -0.3 is 9.47 Å². The summed E-state index contributed by atoms with van der Waals surface area (Å²) in [6.07, 6.45) is 1.95. The standard InChI is InChI=1S/C24H20Cl2N2O3/c1-23(14-31-23)28-22(29)20-5-3-4-19(15-6-8-16(25)9-7-15)21(20)24(28,30-2)12-18-11-10-17(26)13-27-18/h3-11,13H,12,14H2,1-2H3/t23?,24-/m1/s1. The van der Waals surface area contributed by atoms with Crippen molar-refractivity contribution >= 4 is 29.1 Å². The molecule has 0 radical (unpaired) electrons. The molecule has 3 heterocycles. The van der Waals surface area contributed by atoms with E-state index in [2.05, 4.69) is 4.98 Å². The van der Waals surface area contributed by atoms with Gasteiger partial charge in [-0.15, -0.1) is 0 Å². The Balaban J connectivity index is 1.74. The van der Waals surface area contributed by atoms with Crippen molar-refractivity contribution in [2.75, 3.05) is 13.7 Å². The Bertz CT molecular complexity index is 1160. The van der Waals surface area contributed by atoms with E-state index in [1.165, 1.54) is 0 Å². The number of aromatic nitrogens is 1. The maximum absolute atomic E-state index is 13.6. The minimum absolute atomic E-state index is 0.123. The van der Waals surface area contributed by atoms with Gasteiger partial charge in [0.15, 0.2) is 11.4 Å². The maximum atomic E-state index is 13.6. The van der Waals surface area contributed by atoms with Crippen LogP contribution in [0.4, 0.5) is 0 Å². The molecule has 1 fully saturated rings. The van der Waals surface area contributed by atoms with Crippen LogP contribution in [0.2, 0.25) is 10.0 Å². The van der Waals surface area contributed by atoms with Crippen molar-refractivity contribution in [2.45, 2.75) is 24.8 Å². The zero-order valence-electron chi connectivity index (χ0n) is 17.1. The zero-order valence-corrected chi connectivity index (χ0v) is 18.6. The number of hydrogen-bond donors (Lipinski definition) is 0. The van der Waals surface area contributed by atoms with Crippen molar-refractivity contribution in [1.29, 1.82) is 0 Å². The summed E-state index contributed by atoms with van der Waals surface area (Å²) in [4.78, 5) is 19.8. The van der Waals surface area contributed by atoms with Crippen LogP contribution in [0.1, 0.15) is 28.5 Å². The van der Waals surface area contributed by atoms with Gasteiger partial charge in [0.2, 0.25) is 0 Å². The Kier molecular flexibility index (Phi) is 4.83. The van der Waals surface area contributed by atoms with Crippen LogP contribution in [0.5, 0.6) is 0 Å². The fraction of sp³-hybridized carbons (Fsp3) is 0.250. The zero-order chi connectivity index (χ0) is 21.8. The number of carbonyl (C=O) groups excluding carboxylic acids is 1.